The summed E-state index contributed by atoms with van der Waals surface area (Å²) in [5, 5.41) is 3.40. The highest BCUT2D eigenvalue weighted by molar-refractivity contribution is 5.80. The monoisotopic (exact) mass is 384 g/mol. The Kier molecular flexibility index (Phi) is 6.57. The fourth-order valence-corrected chi connectivity index (χ4v) is 3.38. The van der Waals surface area contributed by atoms with E-state index in [0.717, 1.165) is 49.1 Å². The molecule has 1 aliphatic heterocycles. The van der Waals surface area contributed by atoms with Crippen LogP contribution in [0.1, 0.15) is 23.6 Å². The van der Waals surface area contributed by atoms with E-state index >= 15 is 0 Å². The van der Waals surface area contributed by atoms with E-state index in [-0.39, 0.29) is 0 Å². The summed E-state index contributed by atoms with van der Waals surface area (Å²) in [7, 11) is 4.96. The van der Waals surface area contributed by atoms with Gasteiger partial charge in [0.25, 0.3) is 0 Å². The zero-order valence-corrected chi connectivity index (χ0v) is 17.0. The molecule has 1 aliphatic rings. The van der Waals surface area contributed by atoms with E-state index in [4.69, 9.17) is 19.2 Å². The average molecular weight is 384 g/mol. The molecule has 2 heterocycles. The Balaban J connectivity index is 1.82. The van der Waals surface area contributed by atoms with Crippen molar-refractivity contribution in [2.45, 2.75) is 26.4 Å². The number of methoxy groups -OCH3 is 3. The number of fused-ring (bicyclic) bond motifs is 1. The quantitative estimate of drug-likeness (QED) is 0.610. The maximum absolute atomic E-state index is 5.47. The summed E-state index contributed by atoms with van der Waals surface area (Å²) in [6, 6.07) is 8.03. The van der Waals surface area contributed by atoms with Crippen LogP contribution in [-0.4, -0.2) is 50.3 Å². The highest BCUT2D eigenvalue weighted by atomic mass is 16.5. The van der Waals surface area contributed by atoms with Crippen LogP contribution < -0.4 is 19.5 Å². The van der Waals surface area contributed by atoms with Crippen molar-refractivity contribution in [2.75, 3.05) is 34.4 Å². The number of nitrogens with zero attached hydrogens (tertiary/aromatic N) is 3. The summed E-state index contributed by atoms with van der Waals surface area (Å²) in [6.07, 6.45) is 2.65. The number of ether oxygens (including phenoxy) is 3. The molecule has 0 unspecified atom stereocenters. The molecule has 0 amide bonds. The Morgan fingerprint density at radius 2 is 1.89 bits per heavy atom. The molecule has 0 aliphatic carbocycles. The Morgan fingerprint density at radius 3 is 2.57 bits per heavy atom. The summed E-state index contributed by atoms with van der Waals surface area (Å²) in [5.41, 5.74) is 3.48. The van der Waals surface area contributed by atoms with Crippen LogP contribution in [-0.2, 0) is 19.5 Å². The number of hydrogen-bond donors (Lipinski definition) is 1. The van der Waals surface area contributed by atoms with E-state index in [1.54, 1.807) is 27.5 Å². The van der Waals surface area contributed by atoms with Crippen molar-refractivity contribution in [1.29, 1.82) is 0 Å². The van der Waals surface area contributed by atoms with Crippen molar-refractivity contribution in [2.24, 2.45) is 4.99 Å². The minimum absolute atomic E-state index is 0.509. The van der Waals surface area contributed by atoms with E-state index < -0.39 is 0 Å². The second-order valence-electron chi connectivity index (χ2n) is 6.49. The first-order valence-corrected chi connectivity index (χ1v) is 9.45. The topological polar surface area (TPSA) is 68.2 Å². The van der Waals surface area contributed by atoms with E-state index in [1.165, 1.54) is 11.1 Å². The van der Waals surface area contributed by atoms with Gasteiger partial charge >= 0.3 is 0 Å². The van der Waals surface area contributed by atoms with Gasteiger partial charge in [0.1, 0.15) is 0 Å². The molecule has 0 saturated carbocycles. The molecule has 0 bridgehead atoms. The lowest BCUT2D eigenvalue weighted by atomic mass is 9.99. The molecule has 0 atom stereocenters. The highest BCUT2D eigenvalue weighted by Gasteiger charge is 2.21. The van der Waals surface area contributed by atoms with Crippen LogP contribution in [0.2, 0.25) is 0 Å². The van der Waals surface area contributed by atoms with Crippen molar-refractivity contribution in [1.82, 2.24) is 15.2 Å². The van der Waals surface area contributed by atoms with Crippen LogP contribution in [0.25, 0.3) is 0 Å². The molecule has 28 heavy (non-hydrogen) atoms. The number of aromatic nitrogens is 1. The van der Waals surface area contributed by atoms with Crippen LogP contribution in [0.3, 0.4) is 0 Å². The third kappa shape index (κ3) is 4.30. The summed E-state index contributed by atoms with van der Waals surface area (Å²) >= 11 is 0. The zero-order chi connectivity index (χ0) is 19.9. The van der Waals surface area contributed by atoms with Gasteiger partial charge in [0.15, 0.2) is 17.5 Å². The second-order valence-corrected chi connectivity index (χ2v) is 6.49. The maximum atomic E-state index is 5.47. The molecule has 3 rings (SSSR count). The molecule has 2 aromatic rings. The molecule has 7 heteroatoms. The molecule has 0 radical (unpaired) electrons. The molecule has 0 spiro atoms. The molecule has 1 aromatic carbocycles. The number of rotatable bonds is 6. The van der Waals surface area contributed by atoms with Crippen molar-refractivity contribution in [3.05, 3.63) is 47.2 Å². The maximum Gasteiger partial charge on any atom is 0.218 e. The van der Waals surface area contributed by atoms with Crippen LogP contribution in [0, 0.1) is 0 Å². The molecule has 1 aromatic heterocycles. The van der Waals surface area contributed by atoms with Gasteiger partial charge in [-0.1, -0.05) is 6.07 Å². The molecule has 0 saturated heterocycles. The van der Waals surface area contributed by atoms with E-state index in [1.807, 2.05) is 12.1 Å². The predicted molar refractivity (Wildman–Crippen MR) is 109 cm³/mol. The van der Waals surface area contributed by atoms with Crippen molar-refractivity contribution in [3.8, 4) is 17.4 Å². The van der Waals surface area contributed by atoms with Crippen molar-refractivity contribution in [3.63, 3.8) is 0 Å². The van der Waals surface area contributed by atoms with E-state index in [0.29, 0.717) is 12.4 Å². The van der Waals surface area contributed by atoms with Gasteiger partial charge < -0.3 is 24.4 Å². The summed E-state index contributed by atoms with van der Waals surface area (Å²) in [6.45, 7) is 5.04. The van der Waals surface area contributed by atoms with Crippen LogP contribution >= 0.6 is 0 Å². The van der Waals surface area contributed by atoms with Gasteiger partial charge in [0.05, 0.1) is 27.9 Å². The van der Waals surface area contributed by atoms with Gasteiger partial charge in [-0.25, -0.2) is 9.98 Å². The molecular weight excluding hydrogens is 356 g/mol. The SMILES string of the molecule is CCNC(=NCc1cccnc1OC)N1CCc2cc(OC)c(OC)cc2C1. The minimum Gasteiger partial charge on any atom is -0.493 e. The Labute approximate surface area is 166 Å². The number of nitrogens with one attached hydrogen (secondary N) is 1. The number of benzene rings is 1. The zero-order valence-electron chi connectivity index (χ0n) is 17.0. The number of aliphatic imine (C=N–C) groups is 1. The third-order valence-electron chi connectivity index (χ3n) is 4.79. The van der Waals surface area contributed by atoms with E-state index in [2.05, 4.69) is 34.3 Å². The van der Waals surface area contributed by atoms with Gasteiger partial charge in [-0.3, -0.25) is 0 Å². The summed E-state index contributed by atoms with van der Waals surface area (Å²) < 4.78 is 16.2. The normalized spacial score (nSPS) is 13.7. The Morgan fingerprint density at radius 1 is 1.14 bits per heavy atom. The van der Waals surface area contributed by atoms with Gasteiger partial charge in [-0.05, 0) is 42.7 Å². The van der Waals surface area contributed by atoms with Gasteiger partial charge in [-0.2, -0.15) is 0 Å². The fraction of sp³-hybridized carbons (Fsp3) is 0.429. The van der Waals surface area contributed by atoms with Crippen LogP contribution in [0.4, 0.5) is 0 Å². The number of pyridine rings is 1. The largest absolute Gasteiger partial charge is 0.493 e. The molecule has 150 valence electrons. The number of hydrogen-bond acceptors (Lipinski definition) is 5. The second kappa shape index (κ2) is 9.30. The molecular formula is C21H28N4O3. The molecule has 1 N–H and O–H groups in total. The standard InChI is InChI=1S/C21H28N4O3/c1-5-22-21(24-13-16-7-6-9-23-20(16)28-4)25-10-8-15-11-18(26-2)19(27-3)12-17(15)14-25/h6-7,9,11-12H,5,8,10,13-14H2,1-4H3,(H,22,24). The Hall–Kier alpha value is -2.96. The highest BCUT2D eigenvalue weighted by Crippen LogP contribution is 2.33. The predicted octanol–water partition coefficient (Wildman–Crippen LogP) is 2.63. The van der Waals surface area contributed by atoms with Crippen molar-refractivity contribution < 1.29 is 14.2 Å². The first kappa shape index (κ1) is 19.8. The molecule has 7 nitrogen and oxygen atoms in total. The van der Waals surface area contributed by atoms with Crippen molar-refractivity contribution >= 4 is 5.96 Å². The number of guanidine groups is 1. The summed E-state index contributed by atoms with van der Waals surface area (Å²) in [5.74, 6) is 3.03. The average Bonchev–Trinajstić information content (AvgIpc) is 2.75. The first-order chi connectivity index (χ1) is 13.7. The lowest BCUT2D eigenvalue weighted by Crippen LogP contribution is -2.44. The first-order valence-electron chi connectivity index (χ1n) is 9.45. The van der Waals surface area contributed by atoms with Crippen LogP contribution in [0.15, 0.2) is 35.5 Å². The summed E-state index contributed by atoms with van der Waals surface area (Å²) in [4.78, 5) is 11.3. The van der Waals surface area contributed by atoms with Gasteiger partial charge in [0.2, 0.25) is 5.88 Å². The molecule has 0 fully saturated rings. The minimum atomic E-state index is 0.509. The van der Waals surface area contributed by atoms with Crippen LogP contribution in [0.5, 0.6) is 17.4 Å². The smallest absolute Gasteiger partial charge is 0.218 e. The van der Waals surface area contributed by atoms with Gasteiger partial charge in [0, 0.05) is 31.4 Å². The van der Waals surface area contributed by atoms with E-state index in [9.17, 15) is 0 Å². The Bertz CT molecular complexity index is 838. The third-order valence-corrected chi connectivity index (χ3v) is 4.79. The lowest BCUT2D eigenvalue weighted by Gasteiger charge is -2.32. The fourth-order valence-electron chi connectivity index (χ4n) is 3.38. The lowest BCUT2D eigenvalue weighted by molar-refractivity contribution is 0.346. The van der Waals surface area contributed by atoms with Gasteiger partial charge in [-0.15, -0.1) is 0 Å².